The van der Waals surface area contributed by atoms with Crippen LogP contribution in [0.5, 0.6) is 0 Å². The number of rotatable bonds is 4. The van der Waals surface area contributed by atoms with Crippen LogP contribution in [0.2, 0.25) is 0 Å². The lowest BCUT2D eigenvalue weighted by Crippen LogP contribution is -2.21. The van der Waals surface area contributed by atoms with Crippen LogP contribution in [0.3, 0.4) is 0 Å². The third kappa shape index (κ3) is 4.03. The van der Waals surface area contributed by atoms with Crippen molar-refractivity contribution in [2.24, 2.45) is 0 Å². The predicted octanol–water partition coefficient (Wildman–Crippen LogP) is 2.94. The van der Waals surface area contributed by atoms with Crippen LogP contribution in [0.1, 0.15) is 16.1 Å². The number of carbonyl (C=O) groups excluding carboxylic acids is 1. The van der Waals surface area contributed by atoms with E-state index in [2.05, 4.69) is 15.4 Å². The Morgan fingerprint density at radius 3 is 2.50 bits per heavy atom. The van der Waals surface area contributed by atoms with Crippen molar-refractivity contribution in [2.45, 2.75) is 11.1 Å². The molecule has 0 fully saturated rings. The van der Waals surface area contributed by atoms with Crippen molar-refractivity contribution in [3.63, 3.8) is 0 Å². The number of halogens is 3. The maximum Gasteiger partial charge on any atom is 0.434 e. The number of sulfone groups is 1. The number of anilines is 1. The van der Waals surface area contributed by atoms with Gasteiger partial charge in [0.25, 0.3) is 5.91 Å². The molecule has 0 unspecified atom stereocenters. The molecular weight excluding hydrogens is 397 g/mol. The molecule has 0 aliphatic carbocycles. The average Bonchev–Trinajstić information content (AvgIpc) is 3.08. The van der Waals surface area contributed by atoms with E-state index in [-0.39, 0.29) is 16.4 Å². The fourth-order valence-corrected chi connectivity index (χ4v) is 3.11. The summed E-state index contributed by atoms with van der Waals surface area (Å²) >= 11 is 0. The Kier molecular flexibility index (Phi) is 4.94. The molecule has 3 rings (SSSR count). The van der Waals surface area contributed by atoms with Crippen LogP contribution in [-0.2, 0) is 16.0 Å². The van der Waals surface area contributed by atoms with E-state index in [0.717, 1.165) is 18.5 Å². The largest absolute Gasteiger partial charge is 0.434 e. The third-order valence-corrected chi connectivity index (χ3v) is 4.78. The van der Waals surface area contributed by atoms with Crippen molar-refractivity contribution in [2.75, 3.05) is 11.6 Å². The van der Waals surface area contributed by atoms with E-state index in [4.69, 9.17) is 0 Å². The van der Waals surface area contributed by atoms with Crippen LogP contribution in [-0.4, -0.2) is 35.3 Å². The first-order valence-corrected chi connectivity index (χ1v) is 9.64. The van der Waals surface area contributed by atoms with Crippen molar-refractivity contribution < 1.29 is 26.4 Å². The highest BCUT2D eigenvalue weighted by molar-refractivity contribution is 7.90. The zero-order valence-corrected chi connectivity index (χ0v) is 15.1. The number of alkyl halides is 3. The van der Waals surface area contributed by atoms with Gasteiger partial charge in [0.15, 0.2) is 21.3 Å². The summed E-state index contributed by atoms with van der Waals surface area (Å²) in [5, 5.41) is 5.92. The summed E-state index contributed by atoms with van der Waals surface area (Å²) in [7, 11) is -3.55. The van der Waals surface area contributed by atoms with E-state index in [9.17, 15) is 26.4 Å². The highest BCUT2D eigenvalue weighted by Crippen LogP contribution is 2.33. The molecule has 0 atom stereocenters. The van der Waals surface area contributed by atoms with E-state index >= 15 is 0 Å². The van der Waals surface area contributed by atoms with Crippen LogP contribution >= 0.6 is 0 Å². The number of nitrogens with one attached hydrogen (secondary N) is 1. The summed E-state index contributed by atoms with van der Waals surface area (Å²) in [6.45, 7) is 0. The number of aromatic nitrogens is 3. The monoisotopic (exact) mass is 410 g/mol. The molecule has 28 heavy (non-hydrogen) atoms. The minimum absolute atomic E-state index is 0.0339. The molecule has 0 spiro atoms. The molecule has 0 saturated heterocycles. The number of hydrogen-bond acceptors (Lipinski definition) is 5. The van der Waals surface area contributed by atoms with Gasteiger partial charge in [-0.15, -0.1) is 0 Å². The van der Waals surface area contributed by atoms with Gasteiger partial charge in [0.2, 0.25) is 0 Å². The topological polar surface area (TPSA) is 94.0 Å². The molecule has 11 heteroatoms. The van der Waals surface area contributed by atoms with Crippen molar-refractivity contribution in [1.29, 1.82) is 0 Å². The van der Waals surface area contributed by atoms with E-state index < -0.39 is 33.2 Å². The number of hydrogen-bond donors (Lipinski definition) is 1. The van der Waals surface area contributed by atoms with E-state index in [1.807, 2.05) is 0 Å². The highest BCUT2D eigenvalue weighted by Gasteiger charge is 2.40. The number of amides is 1. The molecular formula is C17H13F3N4O3S. The SMILES string of the molecule is CS(=O)(=O)c1cccc(NC(=O)c2cnn(-c3ccccn3)c2C(F)(F)F)c1. The molecule has 1 aromatic carbocycles. The molecule has 2 heterocycles. The molecule has 146 valence electrons. The Morgan fingerprint density at radius 1 is 1.14 bits per heavy atom. The Morgan fingerprint density at radius 2 is 1.89 bits per heavy atom. The first-order chi connectivity index (χ1) is 13.1. The fraction of sp³-hybridized carbons (Fsp3) is 0.118. The van der Waals surface area contributed by atoms with Crippen LogP contribution in [0.25, 0.3) is 5.82 Å². The molecule has 3 aromatic rings. The minimum Gasteiger partial charge on any atom is -0.322 e. The van der Waals surface area contributed by atoms with Gasteiger partial charge in [0.05, 0.1) is 16.7 Å². The van der Waals surface area contributed by atoms with Crippen LogP contribution in [0.15, 0.2) is 59.8 Å². The molecule has 0 aliphatic rings. The van der Waals surface area contributed by atoms with Crippen LogP contribution < -0.4 is 5.32 Å². The van der Waals surface area contributed by atoms with Gasteiger partial charge in [-0.3, -0.25) is 4.79 Å². The zero-order chi connectivity index (χ0) is 20.5. The predicted molar refractivity (Wildman–Crippen MR) is 93.9 cm³/mol. The summed E-state index contributed by atoms with van der Waals surface area (Å²) < 4.78 is 64.5. The number of carbonyl (C=O) groups is 1. The van der Waals surface area contributed by atoms with Gasteiger partial charge in [-0.05, 0) is 30.3 Å². The lowest BCUT2D eigenvalue weighted by atomic mass is 10.2. The Labute approximate surface area is 157 Å². The number of benzene rings is 1. The van der Waals surface area contributed by atoms with Gasteiger partial charge in [-0.2, -0.15) is 18.3 Å². The van der Waals surface area contributed by atoms with E-state index in [1.165, 1.54) is 42.6 Å². The summed E-state index contributed by atoms with van der Waals surface area (Å²) in [4.78, 5) is 16.2. The molecule has 0 radical (unpaired) electrons. The minimum atomic E-state index is -4.88. The summed E-state index contributed by atoms with van der Waals surface area (Å²) in [5.41, 5.74) is -1.97. The van der Waals surface area contributed by atoms with Gasteiger partial charge in [-0.25, -0.2) is 18.1 Å². The fourth-order valence-electron chi connectivity index (χ4n) is 2.44. The maximum atomic E-state index is 13.6. The molecule has 0 aliphatic heterocycles. The zero-order valence-electron chi connectivity index (χ0n) is 14.3. The van der Waals surface area contributed by atoms with Gasteiger partial charge in [-0.1, -0.05) is 12.1 Å². The molecule has 0 saturated carbocycles. The Hall–Kier alpha value is -3.21. The highest BCUT2D eigenvalue weighted by atomic mass is 32.2. The number of pyridine rings is 1. The maximum absolute atomic E-state index is 13.6. The summed E-state index contributed by atoms with van der Waals surface area (Å²) in [6, 6.07) is 9.54. The summed E-state index contributed by atoms with van der Waals surface area (Å²) in [5.74, 6) is -1.19. The molecule has 0 bridgehead atoms. The van der Waals surface area contributed by atoms with Crippen LogP contribution in [0.4, 0.5) is 18.9 Å². The normalized spacial score (nSPS) is 12.0. The quantitative estimate of drug-likeness (QED) is 0.714. The Balaban J connectivity index is 2.00. The van der Waals surface area contributed by atoms with Gasteiger partial charge in [0, 0.05) is 18.1 Å². The van der Waals surface area contributed by atoms with Crippen molar-refractivity contribution in [3.8, 4) is 5.82 Å². The van der Waals surface area contributed by atoms with Gasteiger partial charge in [0.1, 0.15) is 0 Å². The summed E-state index contributed by atoms with van der Waals surface area (Å²) in [6.07, 6.45) is -1.82. The second-order valence-corrected chi connectivity index (χ2v) is 7.77. The average molecular weight is 410 g/mol. The van der Waals surface area contributed by atoms with Crippen molar-refractivity contribution >= 4 is 21.4 Å². The van der Waals surface area contributed by atoms with Crippen molar-refractivity contribution in [1.82, 2.24) is 14.8 Å². The smallest absolute Gasteiger partial charge is 0.322 e. The first-order valence-electron chi connectivity index (χ1n) is 7.75. The lowest BCUT2D eigenvalue weighted by Gasteiger charge is -2.12. The lowest BCUT2D eigenvalue weighted by molar-refractivity contribution is -0.143. The standard InChI is InChI=1S/C17H13F3N4O3S/c1-28(26,27)12-6-4-5-11(9-12)23-16(25)13-10-22-24(15(13)17(18,19)20)14-7-2-3-8-21-14/h2-10H,1H3,(H,23,25). The number of nitrogens with zero attached hydrogens (tertiary/aromatic N) is 3. The van der Waals surface area contributed by atoms with E-state index in [0.29, 0.717) is 4.68 Å². The van der Waals surface area contributed by atoms with E-state index in [1.54, 1.807) is 0 Å². The second-order valence-electron chi connectivity index (χ2n) is 5.76. The Bertz CT molecular complexity index is 1130. The first kappa shape index (κ1) is 19.5. The molecule has 1 amide bonds. The second kappa shape index (κ2) is 7.08. The molecule has 7 nitrogen and oxygen atoms in total. The van der Waals surface area contributed by atoms with Gasteiger partial charge < -0.3 is 5.32 Å². The van der Waals surface area contributed by atoms with Crippen LogP contribution in [0, 0.1) is 0 Å². The molecule has 2 aromatic heterocycles. The van der Waals surface area contributed by atoms with Gasteiger partial charge >= 0.3 is 6.18 Å². The molecule has 1 N–H and O–H groups in total. The third-order valence-electron chi connectivity index (χ3n) is 3.67. The van der Waals surface area contributed by atoms with Crippen molar-refractivity contribution in [3.05, 3.63) is 66.1 Å².